The van der Waals surface area contributed by atoms with Gasteiger partial charge in [-0.3, -0.25) is 0 Å². The highest BCUT2D eigenvalue weighted by Crippen LogP contribution is 2.29. The lowest BCUT2D eigenvalue weighted by molar-refractivity contribution is 0.183. The van der Waals surface area contributed by atoms with Gasteiger partial charge in [0.05, 0.1) is 12.3 Å². The predicted octanol–water partition coefficient (Wildman–Crippen LogP) is 4.91. The first-order chi connectivity index (χ1) is 15.9. The van der Waals surface area contributed by atoms with Crippen LogP contribution in [0.15, 0.2) is 42.5 Å². The number of amides is 2. The summed E-state index contributed by atoms with van der Waals surface area (Å²) in [5.41, 5.74) is 1.66. The number of nitrogens with one attached hydrogen (secondary N) is 1. The SMILES string of the molecule is CCN(CC)c1ccc(CN(Cc2ccc(F)cc2)C(=O)NC(C)(C)C)c(OS(=O)(=O)CC)c1. The van der Waals surface area contributed by atoms with Crippen molar-refractivity contribution in [1.82, 2.24) is 10.2 Å². The first kappa shape index (κ1) is 27.4. The molecular formula is C25H36FN3O4S. The summed E-state index contributed by atoms with van der Waals surface area (Å²) in [7, 11) is -3.78. The Morgan fingerprint density at radius 3 is 2.15 bits per heavy atom. The van der Waals surface area contributed by atoms with E-state index in [9.17, 15) is 17.6 Å². The van der Waals surface area contributed by atoms with E-state index >= 15 is 0 Å². The summed E-state index contributed by atoms with van der Waals surface area (Å²) in [5.74, 6) is -0.341. The third-order valence-corrected chi connectivity index (χ3v) is 6.31. The van der Waals surface area contributed by atoms with E-state index in [1.807, 2.05) is 40.7 Å². The number of carbonyl (C=O) groups excluding carboxylic acids is 1. The van der Waals surface area contributed by atoms with E-state index in [0.29, 0.717) is 5.56 Å². The van der Waals surface area contributed by atoms with E-state index in [1.54, 1.807) is 29.2 Å². The number of hydrogen-bond acceptors (Lipinski definition) is 5. The van der Waals surface area contributed by atoms with Gasteiger partial charge in [-0.1, -0.05) is 18.2 Å². The molecule has 0 saturated carbocycles. The summed E-state index contributed by atoms with van der Waals surface area (Å²) >= 11 is 0. The number of urea groups is 1. The molecule has 0 bridgehead atoms. The highest BCUT2D eigenvalue weighted by Gasteiger charge is 2.23. The zero-order valence-corrected chi connectivity index (χ0v) is 21.7. The average molecular weight is 494 g/mol. The predicted molar refractivity (Wildman–Crippen MR) is 134 cm³/mol. The topological polar surface area (TPSA) is 79.0 Å². The fourth-order valence-corrected chi connectivity index (χ4v) is 3.89. The van der Waals surface area contributed by atoms with Crippen molar-refractivity contribution in [3.8, 4) is 5.75 Å². The molecule has 0 saturated heterocycles. The highest BCUT2D eigenvalue weighted by atomic mass is 32.2. The van der Waals surface area contributed by atoms with Gasteiger partial charge in [-0.25, -0.2) is 9.18 Å². The quantitative estimate of drug-likeness (QED) is 0.476. The molecule has 7 nitrogen and oxygen atoms in total. The fraction of sp³-hybridized carbons (Fsp3) is 0.480. The molecule has 0 aliphatic heterocycles. The van der Waals surface area contributed by atoms with Gasteiger partial charge in [0.2, 0.25) is 0 Å². The van der Waals surface area contributed by atoms with Crippen LogP contribution in [-0.2, 0) is 23.2 Å². The van der Waals surface area contributed by atoms with E-state index in [1.165, 1.54) is 19.1 Å². The van der Waals surface area contributed by atoms with Crippen molar-refractivity contribution in [3.63, 3.8) is 0 Å². The lowest BCUT2D eigenvalue weighted by Gasteiger charge is -2.29. The average Bonchev–Trinajstić information content (AvgIpc) is 2.75. The maximum absolute atomic E-state index is 13.4. The lowest BCUT2D eigenvalue weighted by Crippen LogP contribution is -2.48. The Kier molecular flexibility index (Phi) is 9.32. The zero-order valence-electron chi connectivity index (χ0n) is 20.9. The summed E-state index contributed by atoms with van der Waals surface area (Å²) in [5, 5.41) is 2.94. The van der Waals surface area contributed by atoms with Crippen molar-refractivity contribution >= 4 is 21.8 Å². The van der Waals surface area contributed by atoms with Crippen LogP contribution in [0, 0.1) is 5.82 Å². The van der Waals surface area contributed by atoms with Gasteiger partial charge < -0.3 is 19.3 Å². The third-order valence-electron chi connectivity index (χ3n) is 5.17. The third kappa shape index (κ3) is 8.20. The Bertz CT molecular complexity index is 1060. The van der Waals surface area contributed by atoms with Gasteiger partial charge in [-0.05, 0) is 65.3 Å². The van der Waals surface area contributed by atoms with Crippen LogP contribution in [-0.4, -0.2) is 43.7 Å². The fourth-order valence-electron chi connectivity index (χ4n) is 3.35. The molecule has 188 valence electrons. The minimum absolute atomic E-state index is 0.104. The minimum atomic E-state index is -3.78. The summed E-state index contributed by atoms with van der Waals surface area (Å²) < 4.78 is 43.4. The molecule has 2 rings (SSSR count). The molecular weight excluding hydrogens is 457 g/mol. The number of rotatable bonds is 10. The number of hydrogen-bond donors (Lipinski definition) is 1. The highest BCUT2D eigenvalue weighted by molar-refractivity contribution is 7.87. The molecule has 0 aliphatic carbocycles. The number of nitrogens with zero attached hydrogens (tertiary/aromatic N) is 2. The lowest BCUT2D eigenvalue weighted by atomic mass is 10.1. The number of anilines is 1. The molecule has 1 N–H and O–H groups in total. The maximum Gasteiger partial charge on any atom is 0.318 e. The molecule has 0 aliphatic rings. The molecule has 9 heteroatoms. The summed E-state index contributed by atoms with van der Waals surface area (Å²) in [6, 6.07) is 11.0. The van der Waals surface area contributed by atoms with Crippen molar-refractivity contribution in [1.29, 1.82) is 0 Å². The van der Waals surface area contributed by atoms with E-state index in [2.05, 4.69) is 10.2 Å². The minimum Gasteiger partial charge on any atom is -0.382 e. The first-order valence-corrected chi connectivity index (χ1v) is 13.1. The molecule has 0 fully saturated rings. The molecule has 34 heavy (non-hydrogen) atoms. The van der Waals surface area contributed by atoms with Crippen LogP contribution in [0.25, 0.3) is 0 Å². The Labute approximate surface area is 203 Å². The molecule has 2 amide bonds. The zero-order chi connectivity index (χ0) is 25.5. The standard InChI is InChI=1S/C25H36FN3O4S/c1-7-28(8-2)22-15-12-20(23(16-22)33-34(31,32)9-3)18-29(24(30)27-25(4,5)6)17-19-10-13-21(26)14-11-19/h10-16H,7-9,17-18H2,1-6H3,(H,27,30). The van der Waals surface area contributed by atoms with E-state index < -0.39 is 15.7 Å². The molecule has 0 aromatic heterocycles. The summed E-state index contributed by atoms with van der Waals surface area (Å²) in [6.07, 6.45) is 0. The Hall–Kier alpha value is -2.81. The van der Waals surface area contributed by atoms with Gasteiger partial charge in [0.1, 0.15) is 11.6 Å². The van der Waals surface area contributed by atoms with Gasteiger partial charge in [-0.2, -0.15) is 8.42 Å². The normalized spacial score (nSPS) is 11.7. The molecule has 2 aromatic carbocycles. The Morgan fingerprint density at radius 2 is 1.62 bits per heavy atom. The number of halogens is 1. The van der Waals surface area contributed by atoms with Crippen molar-refractivity contribution in [2.45, 2.75) is 60.2 Å². The van der Waals surface area contributed by atoms with Gasteiger partial charge in [-0.15, -0.1) is 0 Å². The van der Waals surface area contributed by atoms with E-state index in [0.717, 1.165) is 24.3 Å². The van der Waals surface area contributed by atoms with Crippen molar-refractivity contribution in [2.24, 2.45) is 0 Å². The van der Waals surface area contributed by atoms with Gasteiger partial charge in [0.15, 0.2) is 0 Å². The Balaban J connectivity index is 2.47. The second-order valence-electron chi connectivity index (χ2n) is 9.06. The van der Waals surface area contributed by atoms with Crippen molar-refractivity contribution in [3.05, 3.63) is 59.4 Å². The van der Waals surface area contributed by atoms with Crippen LogP contribution in [0.3, 0.4) is 0 Å². The van der Waals surface area contributed by atoms with Crippen LogP contribution in [0.1, 0.15) is 52.7 Å². The molecule has 0 radical (unpaired) electrons. The van der Waals surface area contributed by atoms with Gasteiger partial charge in [0.25, 0.3) is 0 Å². The number of carbonyl (C=O) groups is 1. The van der Waals surface area contributed by atoms with Crippen LogP contribution in [0.2, 0.25) is 0 Å². The number of benzene rings is 2. The molecule has 0 unspecified atom stereocenters. The monoisotopic (exact) mass is 493 g/mol. The van der Waals surface area contributed by atoms with Gasteiger partial charge in [0, 0.05) is 42.5 Å². The van der Waals surface area contributed by atoms with Crippen molar-refractivity contribution < 1.29 is 21.8 Å². The van der Waals surface area contributed by atoms with Crippen molar-refractivity contribution in [2.75, 3.05) is 23.7 Å². The largest absolute Gasteiger partial charge is 0.382 e. The second-order valence-corrected chi connectivity index (χ2v) is 10.9. The summed E-state index contributed by atoms with van der Waals surface area (Å²) in [6.45, 7) is 13.0. The smallest absolute Gasteiger partial charge is 0.318 e. The molecule has 0 atom stereocenters. The van der Waals surface area contributed by atoms with Gasteiger partial charge >= 0.3 is 16.1 Å². The first-order valence-electron chi connectivity index (χ1n) is 11.5. The van der Waals surface area contributed by atoms with Crippen LogP contribution in [0.4, 0.5) is 14.9 Å². The van der Waals surface area contributed by atoms with E-state index in [-0.39, 0.29) is 36.4 Å². The van der Waals surface area contributed by atoms with Crippen LogP contribution in [0.5, 0.6) is 5.75 Å². The summed E-state index contributed by atoms with van der Waals surface area (Å²) in [4.78, 5) is 16.8. The molecule has 0 spiro atoms. The second kappa shape index (κ2) is 11.6. The molecule has 2 aromatic rings. The van der Waals surface area contributed by atoms with Crippen LogP contribution >= 0.6 is 0 Å². The maximum atomic E-state index is 13.4. The van der Waals surface area contributed by atoms with Crippen LogP contribution < -0.4 is 14.4 Å². The Morgan fingerprint density at radius 1 is 1.00 bits per heavy atom. The van der Waals surface area contributed by atoms with E-state index in [4.69, 9.17) is 4.18 Å². The molecule has 0 heterocycles.